The van der Waals surface area contributed by atoms with E-state index in [-0.39, 0.29) is 16.9 Å². The highest BCUT2D eigenvalue weighted by molar-refractivity contribution is 6.02. The molecule has 0 bridgehead atoms. The van der Waals surface area contributed by atoms with Crippen molar-refractivity contribution in [3.8, 4) is 5.88 Å². The van der Waals surface area contributed by atoms with Gasteiger partial charge in [-0.3, -0.25) is 4.79 Å². The number of rotatable bonds is 7. The number of fused-ring (bicyclic) bond motifs is 1. The van der Waals surface area contributed by atoms with E-state index in [1.165, 1.54) is 24.5 Å². The van der Waals surface area contributed by atoms with E-state index in [2.05, 4.69) is 20.3 Å². The van der Waals surface area contributed by atoms with Crippen molar-refractivity contribution >= 4 is 17.6 Å². The first kappa shape index (κ1) is 23.3. The van der Waals surface area contributed by atoms with Crippen molar-refractivity contribution in [2.75, 3.05) is 18.6 Å². The molecule has 12 heteroatoms. The van der Waals surface area contributed by atoms with Gasteiger partial charge in [-0.25, -0.2) is 32.5 Å². The topological polar surface area (TPSA) is 112 Å². The average Bonchev–Trinajstić information content (AvgIpc) is 3.59. The van der Waals surface area contributed by atoms with Gasteiger partial charge in [-0.05, 0) is 37.0 Å². The molecule has 3 atom stereocenters. The Labute approximate surface area is 197 Å². The summed E-state index contributed by atoms with van der Waals surface area (Å²) in [6, 6.07) is 2.94. The van der Waals surface area contributed by atoms with Crippen molar-refractivity contribution in [2.45, 2.75) is 43.2 Å². The van der Waals surface area contributed by atoms with Crippen LogP contribution < -0.4 is 15.8 Å². The molecule has 8 nitrogen and oxygen atoms in total. The minimum Gasteiger partial charge on any atom is -0.476 e. The van der Waals surface area contributed by atoms with Crippen LogP contribution in [0.1, 0.15) is 41.7 Å². The molecule has 0 spiro atoms. The molecule has 5 rings (SSSR count). The minimum absolute atomic E-state index is 0.0290. The normalized spacial score (nSPS) is 26.9. The predicted octanol–water partition coefficient (Wildman–Crippen LogP) is 3.58. The van der Waals surface area contributed by atoms with Crippen molar-refractivity contribution in [3.05, 3.63) is 47.7 Å². The maximum atomic E-state index is 14.9. The van der Waals surface area contributed by atoms with Gasteiger partial charge >= 0.3 is 0 Å². The highest BCUT2D eigenvalue weighted by Gasteiger charge is 2.60. The molecule has 1 amide bonds. The second-order valence-corrected chi connectivity index (χ2v) is 9.18. The van der Waals surface area contributed by atoms with Gasteiger partial charge in [-0.2, -0.15) is 0 Å². The van der Waals surface area contributed by atoms with Gasteiger partial charge in [0.2, 0.25) is 5.88 Å². The van der Waals surface area contributed by atoms with Crippen molar-refractivity contribution in [3.63, 3.8) is 0 Å². The maximum Gasteiger partial charge on any atom is 0.283 e. The molecule has 1 aliphatic heterocycles. The van der Waals surface area contributed by atoms with Crippen molar-refractivity contribution < 1.29 is 31.8 Å². The van der Waals surface area contributed by atoms with E-state index in [0.717, 1.165) is 18.9 Å². The van der Waals surface area contributed by atoms with Crippen LogP contribution in [0.5, 0.6) is 5.88 Å². The first-order valence-electron chi connectivity index (χ1n) is 11.2. The monoisotopic (exact) mass is 493 g/mol. The number of amidine groups is 1. The summed E-state index contributed by atoms with van der Waals surface area (Å²) in [6.45, 7) is -0.739. The first-order valence-corrected chi connectivity index (χ1v) is 11.2. The second-order valence-electron chi connectivity index (χ2n) is 9.18. The Kier molecular flexibility index (Phi) is 5.76. The largest absolute Gasteiger partial charge is 0.476 e. The van der Waals surface area contributed by atoms with Gasteiger partial charge in [-0.15, -0.1) is 0 Å². The van der Waals surface area contributed by atoms with Crippen LogP contribution in [-0.2, 0) is 10.3 Å². The molecule has 0 saturated heterocycles. The number of nitrogens with two attached hydrogens (primary N) is 1. The van der Waals surface area contributed by atoms with E-state index in [4.69, 9.17) is 15.2 Å². The minimum atomic E-state index is -3.13. The fourth-order valence-corrected chi connectivity index (χ4v) is 4.62. The fraction of sp³-hybridized carbons (Fsp3) is 0.478. The number of nitrogens with one attached hydrogen (secondary N) is 1. The van der Waals surface area contributed by atoms with E-state index in [1.807, 2.05) is 0 Å². The van der Waals surface area contributed by atoms with Gasteiger partial charge in [0.15, 0.2) is 0 Å². The number of hydrogen-bond donors (Lipinski definition) is 2. The number of anilines is 1. The SMILES string of the molecule is NC1=NC(CF)(c2cc(NC(=O)c3cnc(OCC4CC4)cn3)ccc2F)C2CC(F)(F)CC2O1. The summed E-state index contributed by atoms with van der Waals surface area (Å²) in [7, 11) is 0. The summed E-state index contributed by atoms with van der Waals surface area (Å²) in [6.07, 6.45) is 2.27. The number of carbonyl (C=O) groups excluding carboxylic acids is 1. The molecular weight excluding hydrogens is 470 g/mol. The predicted molar refractivity (Wildman–Crippen MR) is 116 cm³/mol. The quantitative estimate of drug-likeness (QED) is 0.571. The molecule has 1 aromatic heterocycles. The Morgan fingerprint density at radius 3 is 2.71 bits per heavy atom. The number of carbonyl (C=O) groups is 1. The van der Waals surface area contributed by atoms with Crippen LogP contribution in [0.4, 0.5) is 23.2 Å². The van der Waals surface area contributed by atoms with Gasteiger partial charge in [0.1, 0.15) is 29.8 Å². The third-order valence-corrected chi connectivity index (χ3v) is 6.58. The zero-order valence-corrected chi connectivity index (χ0v) is 18.5. The number of alkyl halides is 3. The summed E-state index contributed by atoms with van der Waals surface area (Å²) in [5.74, 6) is -4.99. The molecule has 2 heterocycles. The molecular formula is C23H23F4N5O3. The molecule has 3 aliphatic rings. The highest BCUT2D eigenvalue weighted by atomic mass is 19.3. The van der Waals surface area contributed by atoms with Crippen LogP contribution in [0.25, 0.3) is 0 Å². The van der Waals surface area contributed by atoms with E-state index in [1.54, 1.807) is 0 Å². The van der Waals surface area contributed by atoms with Gasteiger partial charge < -0.3 is 20.5 Å². The standard InChI is InChI=1S/C23H23F4N5O3/c24-11-23(15-6-22(26,27)7-18(15)35-21(28)32-23)14-5-13(3-4-16(14)25)31-20(33)17-8-30-19(9-29-17)34-10-12-1-2-12/h3-5,8-9,12,15,18H,1-2,6-7,10-11H2,(H2,28,32)(H,31,33). The van der Waals surface area contributed by atoms with Gasteiger partial charge in [-0.1, -0.05) is 0 Å². The van der Waals surface area contributed by atoms with E-state index >= 15 is 0 Å². The molecule has 186 valence electrons. The molecule has 1 aromatic carbocycles. The lowest BCUT2D eigenvalue weighted by molar-refractivity contribution is -0.00299. The number of hydrogen-bond acceptors (Lipinski definition) is 7. The second kappa shape index (κ2) is 8.65. The lowest BCUT2D eigenvalue weighted by atomic mass is 9.76. The number of halogens is 4. The third kappa shape index (κ3) is 4.61. The summed E-state index contributed by atoms with van der Waals surface area (Å²) < 4.78 is 68.5. The van der Waals surface area contributed by atoms with Crippen LogP contribution >= 0.6 is 0 Å². The van der Waals surface area contributed by atoms with Crippen LogP contribution in [0, 0.1) is 17.7 Å². The molecule has 2 aromatic rings. The molecule has 2 aliphatic carbocycles. The number of nitrogens with zero attached hydrogens (tertiary/aromatic N) is 3. The smallest absolute Gasteiger partial charge is 0.283 e. The van der Waals surface area contributed by atoms with E-state index in [0.29, 0.717) is 18.4 Å². The van der Waals surface area contributed by atoms with Gasteiger partial charge in [0.25, 0.3) is 17.9 Å². The lowest BCUT2D eigenvalue weighted by Gasteiger charge is -2.40. The Hall–Kier alpha value is -3.44. The zero-order chi connectivity index (χ0) is 24.8. The van der Waals surface area contributed by atoms with Crippen LogP contribution in [-0.4, -0.2) is 47.2 Å². The Balaban J connectivity index is 1.39. The first-order chi connectivity index (χ1) is 16.7. The van der Waals surface area contributed by atoms with Crippen LogP contribution in [0.15, 0.2) is 35.6 Å². The fourth-order valence-electron chi connectivity index (χ4n) is 4.62. The Morgan fingerprint density at radius 1 is 1.23 bits per heavy atom. The number of amides is 1. The molecule has 3 unspecified atom stereocenters. The molecule has 0 radical (unpaired) electrons. The average molecular weight is 493 g/mol. The number of benzene rings is 1. The third-order valence-electron chi connectivity index (χ3n) is 6.58. The van der Waals surface area contributed by atoms with Gasteiger partial charge in [0.05, 0.1) is 19.0 Å². The highest BCUT2D eigenvalue weighted by Crippen LogP contribution is 2.53. The van der Waals surface area contributed by atoms with E-state index in [9.17, 15) is 22.4 Å². The lowest BCUT2D eigenvalue weighted by Crippen LogP contribution is -2.48. The molecule has 35 heavy (non-hydrogen) atoms. The van der Waals surface area contributed by atoms with Crippen LogP contribution in [0.3, 0.4) is 0 Å². The Bertz CT molecular complexity index is 1160. The molecule has 3 N–H and O–H groups in total. The molecule has 2 saturated carbocycles. The van der Waals surface area contributed by atoms with Crippen molar-refractivity contribution in [1.29, 1.82) is 0 Å². The Morgan fingerprint density at radius 2 is 2.03 bits per heavy atom. The summed E-state index contributed by atoms with van der Waals surface area (Å²) in [5.41, 5.74) is 3.41. The molecule has 2 fully saturated rings. The zero-order valence-electron chi connectivity index (χ0n) is 18.5. The number of aliphatic imine (C=N–C) groups is 1. The summed E-state index contributed by atoms with van der Waals surface area (Å²) >= 11 is 0. The van der Waals surface area contributed by atoms with Crippen molar-refractivity contribution in [2.24, 2.45) is 22.6 Å². The number of aromatic nitrogens is 2. The number of ether oxygens (including phenoxy) is 2. The van der Waals surface area contributed by atoms with Gasteiger partial charge in [0, 0.05) is 30.0 Å². The maximum absolute atomic E-state index is 14.9. The van der Waals surface area contributed by atoms with E-state index < -0.39 is 60.7 Å². The van der Waals surface area contributed by atoms with Crippen molar-refractivity contribution in [1.82, 2.24) is 9.97 Å². The van der Waals surface area contributed by atoms with Crippen LogP contribution in [0.2, 0.25) is 0 Å². The summed E-state index contributed by atoms with van der Waals surface area (Å²) in [5, 5.41) is 2.54. The summed E-state index contributed by atoms with van der Waals surface area (Å²) in [4.78, 5) is 24.7.